The molecule has 2 heterocycles. The van der Waals surface area contributed by atoms with Gasteiger partial charge in [-0.1, -0.05) is 6.07 Å². The first-order valence-electron chi connectivity index (χ1n) is 5.71. The van der Waals surface area contributed by atoms with Crippen LogP contribution < -0.4 is 5.32 Å². The Morgan fingerprint density at radius 1 is 1.61 bits per heavy atom. The lowest BCUT2D eigenvalue weighted by molar-refractivity contribution is 0.208. The monoisotopic (exact) mass is 288 g/mol. The SMILES string of the molecule is CS(=O)(=O)[C@@H]1CCN(C(=O)NCc2cccs2)C1. The van der Waals surface area contributed by atoms with Crippen LogP contribution >= 0.6 is 11.3 Å². The van der Waals surface area contributed by atoms with Crippen LogP contribution in [0.1, 0.15) is 11.3 Å². The van der Waals surface area contributed by atoms with E-state index in [-0.39, 0.29) is 6.03 Å². The fourth-order valence-electron chi connectivity index (χ4n) is 1.95. The van der Waals surface area contributed by atoms with E-state index in [1.54, 1.807) is 16.2 Å². The predicted octanol–water partition coefficient (Wildman–Crippen LogP) is 1.08. The molecular formula is C11H16N2O3S2. The number of carbonyl (C=O) groups excluding carboxylic acids is 1. The molecule has 0 radical (unpaired) electrons. The number of hydrogen-bond acceptors (Lipinski definition) is 4. The van der Waals surface area contributed by atoms with Crippen LogP contribution in [0.25, 0.3) is 0 Å². The lowest BCUT2D eigenvalue weighted by Gasteiger charge is -2.16. The van der Waals surface area contributed by atoms with Crippen molar-refractivity contribution in [3.8, 4) is 0 Å². The lowest BCUT2D eigenvalue weighted by atomic mass is 10.4. The zero-order valence-corrected chi connectivity index (χ0v) is 11.8. The summed E-state index contributed by atoms with van der Waals surface area (Å²) in [6, 6.07) is 3.70. The maximum Gasteiger partial charge on any atom is 0.317 e. The summed E-state index contributed by atoms with van der Waals surface area (Å²) in [7, 11) is -3.05. The van der Waals surface area contributed by atoms with Crippen molar-refractivity contribution in [3.63, 3.8) is 0 Å². The molecule has 1 aromatic heterocycles. The first-order chi connectivity index (χ1) is 8.47. The summed E-state index contributed by atoms with van der Waals surface area (Å²) < 4.78 is 22.8. The summed E-state index contributed by atoms with van der Waals surface area (Å²) in [5.74, 6) is 0. The van der Waals surface area contributed by atoms with E-state index in [2.05, 4.69) is 5.32 Å². The average molecular weight is 288 g/mol. The molecule has 0 aliphatic carbocycles. The summed E-state index contributed by atoms with van der Waals surface area (Å²) in [5, 5.41) is 4.34. The van der Waals surface area contributed by atoms with Gasteiger partial charge in [0, 0.05) is 24.2 Å². The second-order valence-electron chi connectivity index (χ2n) is 4.42. The van der Waals surface area contributed by atoms with E-state index in [0.29, 0.717) is 26.1 Å². The van der Waals surface area contributed by atoms with Gasteiger partial charge >= 0.3 is 6.03 Å². The molecule has 100 valence electrons. The van der Waals surface area contributed by atoms with E-state index >= 15 is 0 Å². The minimum Gasteiger partial charge on any atom is -0.333 e. The Bertz CT molecular complexity index is 510. The highest BCUT2D eigenvalue weighted by molar-refractivity contribution is 7.91. The van der Waals surface area contributed by atoms with Gasteiger partial charge in [-0.25, -0.2) is 13.2 Å². The van der Waals surface area contributed by atoms with Crippen molar-refractivity contribution in [2.45, 2.75) is 18.2 Å². The maximum absolute atomic E-state index is 11.8. The highest BCUT2D eigenvalue weighted by atomic mass is 32.2. The Morgan fingerprint density at radius 2 is 2.39 bits per heavy atom. The van der Waals surface area contributed by atoms with Gasteiger partial charge in [0.25, 0.3) is 0 Å². The molecular weight excluding hydrogens is 272 g/mol. The van der Waals surface area contributed by atoms with Gasteiger partial charge in [0.15, 0.2) is 9.84 Å². The van der Waals surface area contributed by atoms with Gasteiger partial charge < -0.3 is 10.2 Å². The molecule has 1 aliphatic heterocycles. The topological polar surface area (TPSA) is 66.5 Å². The summed E-state index contributed by atoms with van der Waals surface area (Å²) in [5.41, 5.74) is 0. The number of rotatable bonds is 3. The highest BCUT2D eigenvalue weighted by Gasteiger charge is 2.32. The first-order valence-corrected chi connectivity index (χ1v) is 8.54. The molecule has 1 aliphatic rings. The summed E-state index contributed by atoms with van der Waals surface area (Å²) in [6.45, 7) is 1.31. The van der Waals surface area contributed by atoms with E-state index in [0.717, 1.165) is 4.88 Å². The van der Waals surface area contributed by atoms with E-state index in [9.17, 15) is 13.2 Å². The quantitative estimate of drug-likeness (QED) is 0.905. The third-order valence-corrected chi connectivity index (χ3v) is 5.50. The van der Waals surface area contributed by atoms with Gasteiger partial charge in [0.1, 0.15) is 0 Å². The van der Waals surface area contributed by atoms with E-state index in [4.69, 9.17) is 0 Å². The Kier molecular flexibility index (Phi) is 3.91. The summed E-state index contributed by atoms with van der Waals surface area (Å²) in [6.07, 6.45) is 1.76. The summed E-state index contributed by atoms with van der Waals surface area (Å²) in [4.78, 5) is 14.5. The molecule has 5 nitrogen and oxygen atoms in total. The first kappa shape index (κ1) is 13.4. The average Bonchev–Trinajstić information content (AvgIpc) is 2.96. The van der Waals surface area contributed by atoms with Crippen LogP contribution in [-0.2, 0) is 16.4 Å². The van der Waals surface area contributed by atoms with Crippen molar-refractivity contribution in [2.24, 2.45) is 0 Å². The number of nitrogens with zero attached hydrogens (tertiary/aromatic N) is 1. The van der Waals surface area contributed by atoms with Crippen LogP contribution in [0.5, 0.6) is 0 Å². The predicted molar refractivity (Wildman–Crippen MR) is 71.4 cm³/mol. The van der Waals surface area contributed by atoms with Crippen molar-refractivity contribution in [1.82, 2.24) is 10.2 Å². The molecule has 0 aromatic carbocycles. The fourth-order valence-corrected chi connectivity index (χ4v) is 3.58. The van der Waals surface area contributed by atoms with Crippen LogP contribution in [-0.4, -0.2) is 43.9 Å². The number of thiophene rings is 1. The van der Waals surface area contributed by atoms with Crippen LogP contribution in [0.4, 0.5) is 4.79 Å². The standard InChI is InChI=1S/C11H16N2O3S2/c1-18(15,16)10-4-5-13(8-10)11(14)12-7-9-3-2-6-17-9/h2-3,6,10H,4-5,7-8H2,1H3,(H,12,14)/t10-/m1/s1. The van der Waals surface area contributed by atoms with Crippen molar-refractivity contribution in [1.29, 1.82) is 0 Å². The number of carbonyl (C=O) groups is 1. The van der Waals surface area contributed by atoms with Gasteiger partial charge in [-0.05, 0) is 17.9 Å². The number of hydrogen-bond donors (Lipinski definition) is 1. The molecule has 7 heteroatoms. The van der Waals surface area contributed by atoms with E-state index in [1.807, 2.05) is 17.5 Å². The molecule has 1 aromatic rings. The molecule has 0 spiro atoms. The normalized spacial score (nSPS) is 20.1. The smallest absolute Gasteiger partial charge is 0.317 e. The van der Waals surface area contributed by atoms with Gasteiger partial charge in [-0.2, -0.15) is 0 Å². The molecule has 2 amide bonds. The van der Waals surface area contributed by atoms with Crippen molar-refractivity contribution >= 4 is 27.2 Å². The van der Waals surface area contributed by atoms with E-state index < -0.39 is 15.1 Å². The second-order valence-corrected chi connectivity index (χ2v) is 7.78. The number of sulfone groups is 1. The highest BCUT2D eigenvalue weighted by Crippen LogP contribution is 2.16. The molecule has 1 fully saturated rings. The number of urea groups is 1. The minimum atomic E-state index is -3.05. The van der Waals surface area contributed by atoms with Crippen LogP contribution in [0, 0.1) is 0 Å². The lowest BCUT2D eigenvalue weighted by Crippen LogP contribution is -2.39. The van der Waals surface area contributed by atoms with Crippen LogP contribution in [0.15, 0.2) is 17.5 Å². The third-order valence-electron chi connectivity index (χ3n) is 3.03. The van der Waals surface area contributed by atoms with Crippen molar-refractivity contribution in [2.75, 3.05) is 19.3 Å². The number of amides is 2. The largest absolute Gasteiger partial charge is 0.333 e. The Hall–Kier alpha value is -1.08. The molecule has 2 rings (SSSR count). The third kappa shape index (κ3) is 3.23. The number of likely N-dealkylation sites (tertiary alicyclic amines) is 1. The van der Waals surface area contributed by atoms with Gasteiger partial charge in [-0.3, -0.25) is 0 Å². The van der Waals surface area contributed by atoms with Crippen LogP contribution in [0.2, 0.25) is 0 Å². The molecule has 1 N–H and O–H groups in total. The molecule has 1 saturated heterocycles. The molecule has 1 atom stereocenters. The molecule has 0 saturated carbocycles. The van der Waals surface area contributed by atoms with E-state index in [1.165, 1.54) is 6.26 Å². The Balaban J connectivity index is 1.84. The maximum atomic E-state index is 11.8. The van der Waals surface area contributed by atoms with Gasteiger partial charge in [0.05, 0.1) is 11.8 Å². The molecule has 0 bridgehead atoms. The molecule has 0 unspecified atom stereocenters. The minimum absolute atomic E-state index is 0.186. The zero-order chi connectivity index (χ0) is 13.2. The molecule has 18 heavy (non-hydrogen) atoms. The second kappa shape index (κ2) is 5.27. The Morgan fingerprint density at radius 3 is 2.94 bits per heavy atom. The Labute approximate surface area is 111 Å². The van der Waals surface area contributed by atoms with Gasteiger partial charge in [-0.15, -0.1) is 11.3 Å². The van der Waals surface area contributed by atoms with Crippen LogP contribution in [0.3, 0.4) is 0 Å². The van der Waals surface area contributed by atoms with Gasteiger partial charge in [0.2, 0.25) is 0 Å². The summed E-state index contributed by atoms with van der Waals surface area (Å²) >= 11 is 1.58. The van der Waals surface area contributed by atoms with Crippen molar-refractivity contribution < 1.29 is 13.2 Å². The zero-order valence-electron chi connectivity index (χ0n) is 10.1. The van der Waals surface area contributed by atoms with Crippen molar-refractivity contribution in [3.05, 3.63) is 22.4 Å². The fraction of sp³-hybridized carbons (Fsp3) is 0.545. The number of nitrogens with one attached hydrogen (secondary N) is 1.